The van der Waals surface area contributed by atoms with Crippen molar-refractivity contribution >= 4 is 17.7 Å². The average Bonchev–Trinajstić information content (AvgIpc) is 2.36. The lowest BCUT2D eigenvalue weighted by molar-refractivity contribution is -0.122. The van der Waals surface area contributed by atoms with Crippen LogP contribution in [-0.2, 0) is 4.79 Å². The summed E-state index contributed by atoms with van der Waals surface area (Å²) in [4.78, 5) is 11.7. The van der Waals surface area contributed by atoms with Gasteiger partial charge in [-0.2, -0.15) is 11.8 Å². The summed E-state index contributed by atoms with van der Waals surface area (Å²) in [6, 6.07) is 0.284. The summed E-state index contributed by atoms with van der Waals surface area (Å²) in [5, 5.41) is 6.77. The molecule has 1 saturated carbocycles. The van der Waals surface area contributed by atoms with E-state index in [0.29, 0.717) is 17.8 Å². The lowest BCUT2D eigenvalue weighted by atomic mass is 9.94. The van der Waals surface area contributed by atoms with E-state index >= 15 is 0 Å². The smallest absolute Gasteiger partial charge is 0.237 e. The van der Waals surface area contributed by atoms with Crippen LogP contribution in [0.25, 0.3) is 0 Å². The van der Waals surface area contributed by atoms with E-state index in [1.165, 1.54) is 19.3 Å². The van der Waals surface area contributed by atoms with Crippen molar-refractivity contribution in [3.8, 4) is 12.3 Å². The molecule has 2 N–H and O–H groups in total. The van der Waals surface area contributed by atoms with Gasteiger partial charge >= 0.3 is 0 Å². The van der Waals surface area contributed by atoms with Crippen LogP contribution in [0.2, 0.25) is 0 Å². The lowest BCUT2D eigenvalue weighted by Gasteiger charge is -2.33. The molecule has 1 aliphatic rings. The van der Waals surface area contributed by atoms with Crippen molar-refractivity contribution in [1.29, 1.82) is 0 Å². The second-order valence-corrected chi connectivity index (χ2v) is 5.55. The van der Waals surface area contributed by atoms with Gasteiger partial charge in [0.15, 0.2) is 0 Å². The lowest BCUT2D eigenvalue weighted by Crippen LogP contribution is -2.50. The van der Waals surface area contributed by atoms with Crippen LogP contribution >= 0.6 is 11.8 Å². The third kappa shape index (κ3) is 4.61. The predicted molar refractivity (Wildman–Crippen MR) is 74.0 cm³/mol. The van der Waals surface area contributed by atoms with Gasteiger partial charge in [-0.1, -0.05) is 18.8 Å². The molecule has 4 heteroatoms. The maximum atomic E-state index is 11.7. The maximum absolute atomic E-state index is 11.7. The maximum Gasteiger partial charge on any atom is 0.237 e. The standard InChI is InChI=1S/C13H22N2OS/c1-4-9-14-13(16)10(2)15-11-7-5-6-8-12(11)17-3/h1,10-12,15H,5-9H2,2-3H3,(H,14,16). The van der Waals surface area contributed by atoms with Crippen molar-refractivity contribution in [1.82, 2.24) is 10.6 Å². The van der Waals surface area contributed by atoms with Crippen molar-refractivity contribution in [2.75, 3.05) is 12.8 Å². The number of carbonyl (C=O) groups excluding carboxylic acids is 1. The Kier molecular flexibility index (Phi) is 6.46. The van der Waals surface area contributed by atoms with E-state index in [0.717, 1.165) is 6.42 Å². The molecule has 1 aliphatic carbocycles. The minimum absolute atomic E-state index is 0.00613. The first-order chi connectivity index (χ1) is 8.19. The van der Waals surface area contributed by atoms with Crippen LogP contribution < -0.4 is 10.6 Å². The molecule has 3 nitrogen and oxygen atoms in total. The third-order valence-corrected chi connectivity index (χ3v) is 4.40. The Hall–Kier alpha value is -0.660. The third-order valence-electron chi connectivity index (χ3n) is 3.23. The van der Waals surface area contributed by atoms with E-state index in [4.69, 9.17) is 6.42 Å². The van der Waals surface area contributed by atoms with Crippen molar-refractivity contribution < 1.29 is 4.79 Å². The van der Waals surface area contributed by atoms with Crippen LogP contribution in [0.15, 0.2) is 0 Å². The molecule has 0 heterocycles. The van der Waals surface area contributed by atoms with Crippen molar-refractivity contribution in [3.05, 3.63) is 0 Å². The molecule has 1 amide bonds. The minimum Gasteiger partial charge on any atom is -0.344 e. The van der Waals surface area contributed by atoms with Gasteiger partial charge in [0.25, 0.3) is 0 Å². The molecule has 1 fully saturated rings. The van der Waals surface area contributed by atoms with Crippen molar-refractivity contribution in [2.24, 2.45) is 0 Å². The molecule has 0 aromatic rings. The second kappa shape index (κ2) is 7.62. The number of terminal acetylenes is 1. The highest BCUT2D eigenvalue weighted by Crippen LogP contribution is 2.27. The van der Waals surface area contributed by atoms with E-state index in [1.807, 2.05) is 18.7 Å². The first-order valence-corrected chi connectivity index (χ1v) is 7.47. The van der Waals surface area contributed by atoms with Crippen LogP contribution in [0, 0.1) is 12.3 Å². The Morgan fingerprint density at radius 1 is 1.53 bits per heavy atom. The van der Waals surface area contributed by atoms with Crippen molar-refractivity contribution in [3.63, 3.8) is 0 Å². The van der Waals surface area contributed by atoms with Crippen molar-refractivity contribution in [2.45, 2.75) is 49.9 Å². The Morgan fingerprint density at radius 2 is 2.24 bits per heavy atom. The zero-order valence-electron chi connectivity index (χ0n) is 10.7. The summed E-state index contributed by atoms with van der Waals surface area (Å²) in [5.41, 5.74) is 0. The monoisotopic (exact) mass is 254 g/mol. The van der Waals surface area contributed by atoms with Gasteiger partial charge in [0.1, 0.15) is 0 Å². The number of hydrogen-bond donors (Lipinski definition) is 2. The van der Waals surface area contributed by atoms with Crippen LogP contribution in [0.1, 0.15) is 32.6 Å². The van der Waals surface area contributed by atoms with Crippen LogP contribution in [0.5, 0.6) is 0 Å². The number of thioether (sulfide) groups is 1. The molecule has 1 rings (SSSR count). The Balaban J connectivity index is 2.40. The number of nitrogens with one attached hydrogen (secondary N) is 2. The molecular weight excluding hydrogens is 232 g/mol. The summed E-state index contributed by atoms with van der Waals surface area (Å²) >= 11 is 1.90. The molecule has 0 aromatic carbocycles. The molecule has 3 unspecified atom stereocenters. The first kappa shape index (κ1) is 14.4. The molecule has 0 aliphatic heterocycles. The molecule has 0 bridgehead atoms. The fourth-order valence-electron chi connectivity index (χ4n) is 2.26. The predicted octanol–water partition coefficient (Wildman–Crippen LogP) is 1.39. The van der Waals surface area contributed by atoms with E-state index in [2.05, 4.69) is 22.8 Å². The van der Waals surface area contributed by atoms with Gasteiger partial charge in [0.2, 0.25) is 5.91 Å². The molecule has 96 valence electrons. The van der Waals surface area contributed by atoms with Gasteiger partial charge in [-0.15, -0.1) is 6.42 Å². The normalized spacial score (nSPS) is 25.9. The Morgan fingerprint density at radius 3 is 2.88 bits per heavy atom. The van der Waals surface area contributed by atoms with Crippen LogP contribution in [0.3, 0.4) is 0 Å². The highest BCUT2D eigenvalue weighted by Gasteiger charge is 2.26. The van der Waals surface area contributed by atoms with E-state index < -0.39 is 0 Å². The summed E-state index contributed by atoms with van der Waals surface area (Å²) in [5.74, 6) is 2.41. The largest absolute Gasteiger partial charge is 0.344 e. The van der Waals surface area contributed by atoms with Gasteiger partial charge in [-0.25, -0.2) is 0 Å². The molecule has 0 radical (unpaired) electrons. The number of amides is 1. The molecule has 0 spiro atoms. The van der Waals surface area contributed by atoms with Gasteiger partial charge in [0, 0.05) is 11.3 Å². The summed E-state index contributed by atoms with van der Waals surface area (Å²) < 4.78 is 0. The second-order valence-electron chi connectivity index (χ2n) is 4.48. The van der Waals surface area contributed by atoms with Gasteiger partial charge in [-0.3, -0.25) is 4.79 Å². The SMILES string of the molecule is C#CCNC(=O)C(C)NC1CCCCC1SC. The van der Waals surface area contributed by atoms with Crippen LogP contribution in [-0.4, -0.2) is 36.0 Å². The molecule has 0 aromatic heterocycles. The van der Waals surface area contributed by atoms with Crippen LogP contribution in [0.4, 0.5) is 0 Å². The number of rotatable bonds is 5. The van der Waals surface area contributed by atoms with E-state index in [9.17, 15) is 4.79 Å². The van der Waals surface area contributed by atoms with Gasteiger partial charge < -0.3 is 10.6 Å². The fraction of sp³-hybridized carbons (Fsp3) is 0.769. The quantitative estimate of drug-likeness (QED) is 0.729. The van der Waals surface area contributed by atoms with E-state index in [-0.39, 0.29) is 11.9 Å². The Labute approximate surface area is 108 Å². The molecule has 17 heavy (non-hydrogen) atoms. The van der Waals surface area contributed by atoms with E-state index in [1.54, 1.807) is 0 Å². The first-order valence-electron chi connectivity index (χ1n) is 6.19. The summed E-state index contributed by atoms with van der Waals surface area (Å²) in [6.45, 7) is 2.21. The van der Waals surface area contributed by atoms with Gasteiger partial charge in [0.05, 0.1) is 12.6 Å². The van der Waals surface area contributed by atoms with Gasteiger partial charge in [-0.05, 0) is 26.0 Å². The number of carbonyl (C=O) groups is 1. The topological polar surface area (TPSA) is 41.1 Å². The number of hydrogen-bond acceptors (Lipinski definition) is 3. The summed E-state index contributed by atoms with van der Waals surface area (Å²) in [7, 11) is 0. The highest BCUT2D eigenvalue weighted by molar-refractivity contribution is 7.99. The fourth-order valence-corrected chi connectivity index (χ4v) is 3.20. The highest BCUT2D eigenvalue weighted by atomic mass is 32.2. The zero-order chi connectivity index (χ0) is 12.7. The summed E-state index contributed by atoms with van der Waals surface area (Å²) in [6.07, 6.45) is 12.2. The minimum atomic E-state index is -0.166. The zero-order valence-corrected chi connectivity index (χ0v) is 11.5. The molecule has 3 atom stereocenters. The molecule has 0 saturated heterocycles. The average molecular weight is 254 g/mol. The molecular formula is C13H22N2OS. The Bertz CT molecular complexity index is 288.